The molecule has 1 N–H and O–H groups in total. The molecule has 3 aliphatic rings. The van der Waals surface area contributed by atoms with Crippen LogP contribution in [0.5, 0.6) is 0 Å². The molecule has 4 rings (SSSR count). The highest BCUT2D eigenvalue weighted by atomic mass is 16.5. The van der Waals surface area contributed by atoms with E-state index < -0.39 is 0 Å². The topological polar surface area (TPSA) is 71.8 Å². The molecular formula is C19H26N2O4. The second-order valence-electron chi connectivity index (χ2n) is 7.46. The van der Waals surface area contributed by atoms with Crippen molar-refractivity contribution in [3.05, 3.63) is 24.2 Å². The van der Waals surface area contributed by atoms with Crippen molar-refractivity contribution in [3.63, 3.8) is 0 Å². The first-order valence-electron chi connectivity index (χ1n) is 9.42. The average Bonchev–Trinajstić information content (AvgIpc) is 3.22. The molecule has 1 spiro atoms. The van der Waals surface area contributed by atoms with E-state index in [9.17, 15) is 9.59 Å². The molecule has 2 amide bonds. The molecule has 3 fully saturated rings. The maximum atomic E-state index is 12.8. The predicted octanol–water partition coefficient (Wildman–Crippen LogP) is 2.35. The summed E-state index contributed by atoms with van der Waals surface area (Å²) in [5.41, 5.74) is 0.139. The smallest absolute Gasteiger partial charge is 0.290 e. The zero-order valence-corrected chi connectivity index (χ0v) is 14.7. The third kappa shape index (κ3) is 2.67. The van der Waals surface area contributed by atoms with Gasteiger partial charge in [0.15, 0.2) is 5.76 Å². The van der Waals surface area contributed by atoms with Crippen LogP contribution in [0.25, 0.3) is 0 Å². The number of furan rings is 1. The van der Waals surface area contributed by atoms with E-state index in [1.165, 1.54) is 12.7 Å². The molecule has 6 heteroatoms. The molecule has 0 radical (unpaired) electrons. The van der Waals surface area contributed by atoms with Gasteiger partial charge in [0.05, 0.1) is 12.4 Å². The molecule has 3 atom stereocenters. The van der Waals surface area contributed by atoms with Crippen LogP contribution in [-0.2, 0) is 9.53 Å². The predicted molar refractivity (Wildman–Crippen MR) is 91.0 cm³/mol. The van der Waals surface area contributed by atoms with E-state index >= 15 is 0 Å². The number of carbonyl (C=O) groups excluding carboxylic acids is 2. The van der Waals surface area contributed by atoms with Gasteiger partial charge in [-0.3, -0.25) is 9.59 Å². The Balaban J connectivity index is 1.40. The van der Waals surface area contributed by atoms with Crippen molar-refractivity contribution in [3.8, 4) is 0 Å². The van der Waals surface area contributed by atoms with Crippen LogP contribution in [0.4, 0.5) is 0 Å². The van der Waals surface area contributed by atoms with Gasteiger partial charge in [-0.25, -0.2) is 0 Å². The maximum Gasteiger partial charge on any atom is 0.290 e. The fourth-order valence-corrected chi connectivity index (χ4v) is 4.73. The van der Waals surface area contributed by atoms with Crippen molar-refractivity contribution in [2.24, 2.45) is 5.41 Å². The number of likely N-dealkylation sites (tertiary alicyclic amines) is 1. The molecule has 1 aromatic heterocycles. The van der Waals surface area contributed by atoms with Crippen molar-refractivity contribution in [1.29, 1.82) is 0 Å². The lowest BCUT2D eigenvalue weighted by atomic mass is 9.51. The third-order valence-corrected chi connectivity index (χ3v) is 6.30. The van der Waals surface area contributed by atoms with Gasteiger partial charge in [0.1, 0.15) is 6.04 Å². The number of nitrogens with zero attached hydrogens (tertiary/aromatic N) is 1. The standard InChI is InChI=1S/C19H26N2O4/c1-2-24-16-12-15(19(16)8-5-9-19)20-17(22)13-6-3-10-21(13)18(23)14-7-4-11-25-14/h4,7,11,13,15-16H,2-3,5-6,8-10,12H2,1H3,(H,20,22)/t13-,15+,16-/m1/s1. The van der Waals surface area contributed by atoms with Gasteiger partial charge in [-0.15, -0.1) is 0 Å². The summed E-state index contributed by atoms with van der Waals surface area (Å²) in [4.78, 5) is 27.1. The normalized spacial score (nSPS) is 30.0. The van der Waals surface area contributed by atoms with Crippen molar-refractivity contribution in [1.82, 2.24) is 10.2 Å². The van der Waals surface area contributed by atoms with E-state index in [0.29, 0.717) is 18.7 Å². The summed E-state index contributed by atoms with van der Waals surface area (Å²) in [7, 11) is 0. The van der Waals surface area contributed by atoms with Gasteiger partial charge in [-0.2, -0.15) is 0 Å². The fraction of sp³-hybridized carbons (Fsp3) is 0.684. The molecular weight excluding hydrogens is 320 g/mol. The number of hydrogen-bond donors (Lipinski definition) is 1. The average molecular weight is 346 g/mol. The fourth-order valence-electron chi connectivity index (χ4n) is 4.73. The summed E-state index contributed by atoms with van der Waals surface area (Å²) in [6.45, 7) is 3.35. The minimum Gasteiger partial charge on any atom is -0.459 e. The van der Waals surface area contributed by atoms with Gasteiger partial charge in [0.25, 0.3) is 5.91 Å². The lowest BCUT2D eigenvalue weighted by Gasteiger charge is -2.61. The van der Waals surface area contributed by atoms with Crippen molar-refractivity contribution < 1.29 is 18.7 Å². The van der Waals surface area contributed by atoms with Gasteiger partial charge in [-0.1, -0.05) is 6.42 Å². The summed E-state index contributed by atoms with van der Waals surface area (Å²) >= 11 is 0. The van der Waals surface area contributed by atoms with E-state index in [1.54, 1.807) is 17.0 Å². The Morgan fingerprint density at radius 3 is 2.88 bits per heavy atom. The molecule has 0 bridgehead atoms. The minimum atomic E-state index is -0.388. The first-order valence-corrected chi connectivity index (χ1v) is 9.42. The first kappa shape index (κ1) is 16.6. The molecule has 1 aromatic rings. The van der Waals surface area contributed by atoms with Gasteiger partial charge in [-0.05, 0) is 51.2 Å². The quantitative estimate of drug-likeness (QED) is 0.888. The van der Waals surface area contributed by atoms with Crippen LogP contribution in [0.3, 0.4) is 0 Å². The number of ether oxygens (including phenoxy) is 1. The van der Waals surface area contributed by atoms with Crippen LogP contribution in [-0.4, -0.2) is 48.1 Å². The molecule has 2 aliphatic carbocycles. The minimum absolute atomic E-state index is 0.0244. The summed E-state index contributed by atoms with van der Waals surface area (Å²) in [6.07, 6.45) is 7.68. The highest BCUT2D eigenvalue weighted by Gasteiger charge is 2.59. The summed E-state index contributed by atoms with van der Waals surface area (Å²) in [6, 6.07) is 3.14. The Bertz CT molecular complexity index is 638. The zero-order valence-electron chi connectivity index (χ0n) is 14.7. The molecule has 136 valence electrons. The molecule has 6 nitrogen and oxygen atoms in total. The van der Waals surface area contributed by atoms with Crippen LogP contribution in [0.2, 0.25) is 0 Å². The second kappa shape index (κ2) is 6.48. The van der Waals surface area contributed by atoms with Crippen LogP contribution >= 0.6 is 0 Å². The summed E-state index contributed by atoms with van der Waals surface area (Å²) in [5.74, 6) is 0.0839. The van der Waals surface area contributed by atoms with Gasteiger partial charge in [0, 0.05) is 24.6 Å². The van der Waals surface area contributed by atoms with E-state index in [-0.39, 0.29) is 35.4 Å². The van der Waals surface area contributed by atoms with Crippen LogP contribution in [0.1, 0.15) is 56.0 Å². The van der Waals surface area contributed by atoms with Gasteiger partial charge >= 0.3 is 0 Å². The third-order valence-electron chi connectivity index (χ3n) is 6.30. The maximum absolute atomic E-state index is 12.8. The van der Waals surface area contributed by atoms with Crippen LogP contribution in [0.15, 0.2) is 22.8 Å². The highest BCUT2D eigenvalue weighted by molar-refractivity contribution is 5.96. The van der Waals surface area contributed by atoms with E-state index in [2.05, 4.69) is 5.32 Å². The highest BCUT2D eigenvalue weighted by Crippen LogP contribution is 2.57. The first-order chi connectivity index (χ1) is 12.2. The van der Waals surface area contributed by atoms with Gasteiger partial charge in [0.2, 0.25) is 5.91 Å². The molecule has 25 heavy (non-hydrogen) atoms. The number of hydrogen-bond acceptors (Lipinski definition) is 4. The van der Waals surface area contributed by atoms with E-state index in [0.717, 1.165) is 32.3 Å². The number of nitrogens with one attached hydrogen (secondary N) is 1. The number of amides is 2. The van der Waals surface area contributed by atoms with Crippen molar-refractivity contribution in [2.45, 2.75) is 63.6 Å². The van der Waals surface area contributed by atoms with E-state index in [4.69, 9.17) is 9.15 Å². The van der Waals surface area contributed by atoms with E-state index in [1.807, 2.05) is 6.92 Å². The van der Waals surface area contributed by atoms with Gasteiger partial charge < -0.3 is 19.4 Å². The Kier molecular flexibility index (Phi) is 4.31. The lowest BCUT2D eigenvalue weighted by molar-refractivity contribution is -0.176. The SMILES string of the molecule is CCO[C@@H]1C[C@H](NC(=O)[C@H]2CCCN2C(=O)c2ccco2)C12CCC2. The van der Waals surface area contributed by atoms with Crippen LogP contribution < -0.4 is 5.32 Å². The second-order valence-corrected chi connectivity index (χ2v) is 7.46. The Morgan fingerprint density at radius 1 is 1.40 bits per heavy atom. The molecule has 2 heterocycles. The van der Waals surface area contributed by atoms with Crippen molar-refractivity contribution in [2.75, 3.05) is 13.2 Å². The van der Waals surface area contributed by atoms with Crippen molar-refractivity contribution >= 4 is 11.8 Å². The Morgan fingerprint density at radius 2 is 2.24 bits per heavy atom. The molecule has 1 aliphatic heterocycles. The molecule has 0 aromatic carbocycles. The number of rotatable bonds is 5. The molecule has 0 unspecified atom stereocenters. The Hall–Kier alpha value is -1.82. The lowest BCUT2D eigenvalue weighted by Crippen LogP contribution is -2.68. The Labute approximate surface area is 147 Å². The largest absolute Gasteiger partial charge is 0.459 e. The monoisotopic (exact) mass is 346 g/mol. The number of carbonyl (C=O) groups is 2. The van der Waals surface area contributed by atoms with Crippen LogP contribution in [0, 0.1) is 5.41 Å². The molecule has 2 saturated carbocycles. The summed E-state index contributed by atoms with van der Waals surface area (Å²) in [5, 5.41) is 3.23. The molecule has 1 saturated heterocycles. The summed E-state index contributed by atoms with van der Waals surface area (Å²) < 4.78 is 11.1. The zero-order chi connectivity index (χ0) is 17.4.